The van der Waals surface area contributed by atoms with Crippen molar-refractivity contribution < 1.29 is 14.3 Å². The summed E-state index contributed by atoms with van der Waals surface area (Å²) in [6.07, 6.45) is 1.98. The molecule has 1 aromatic carbocycles. The van der Waals surface area contributed by atoms with E-state index in [4.69, 9.17) is 32.7 Å². The number of carbonyl (C=O) groups excluding carboxylic acids is 1. The van der Waals surface area contributed by atoms with Gasteiger partial charge in [0.1, 0.15) is 17.4 Å². The van der Waals surface area contributed by atoms with Crippen LogP contribution in [-0.2, 0) is 4.74 Å². The zero-order valence-corrected chi connectivity index (χ0v) is 13.8. The standard InChI is InChI=1S/C15H18Cl2N2O3/c1-21-9-4-6-19(7-5-9)15(20)18-12-8-22-14-10(12)2-3-11(16)13(14)17/h2-3,9,12H,4-8H2,1H3,(H,18,20). The molecule has 1 saturated heterocycles. The third-order valence-electron chi connectivity index (χ3n) is 4.21. The lowest BCUT2D eigenvalue weighted by molar-refractivity contribution is 0.0498. The molecular weight excluding hydrogens is 327 g/mol. The summed E-state index contributed by atoms with van der Waals surface area (Å²) in [6, 6.07) is 3.29. The van der Waals surface area contributed by atoms with Crippen LogP contribution in [-0.4, -0.2) is 43.8 Å². The van der Waals surface area contributed by atoms with Crippen molar-refractivity contribution in [2.24, 2.45) is 0 Å². The SMILES string of the molecule is COC1CCN(C(=O)NC2COc3c2ccc(Cl)c3Cl)CC1. The molecule has 1 N–H and O–H groups in total. The van der Waals surface area contributed by atoms with E-state index in [1.165, 1.54) is 0 Å². The summed E-state index contributed by atoms with van der Waals surface area (Å²) in [5.74, 6) is 0.567. The third kappa shape index (κ3) is 2.98. The molecule has 1 aromatic rings. The van der Waals surface area contributed by atoms with Crippen LogP contribution in [0.2, 0.25) is 10.0 Å². The minimum absolute atomic E-state index is 0.0814. The molecule has 1 fully saturated rings. The van der Waals surface area contributed by atoms with Gasteiger partial charge in [0.2, 0.25) is 0 Å². The van der Waals surface area contributed by atoms with Crippen molar-refractivity contribution in [1.29, 1.82) is 0 Å². The van der Waals surface area contributed by atoms with Gasteiger partial charge in [-0.15, -0.1) is 0 Å². The van der Waals surface area contributed by atoms with Gasteiger partial charge >= 0.3 is 6.03 Å². The molecule has 2 aliphatic heterocycles. The summed E-state index contributed by atoms with van der Waals surface area (Å²) in [4.78, 5) is 14.2. The number of benzene rings is 1. The van der Waals surface area contributed by atoms with Crippen LogP contribution in [0, 0.1) is 0 Å². The minimum Gasteiger partial charge on any atom is -0.489 e. The number of hydrogen-bond acceptors (Lipinski definition) is 3. The molecule has 22 heavy (non-hydrogen) atoms. The Balaban J connectivity index is 1.64. The summed E-state index contributed by atoms with van der Waals surface area (Å²) in [5, 5.41) is 3.86. The highest BCUT2D eigenvalue weighted by Crippen LogP contribution is 2.42. The number of hydrogen-bond donors (Lipinski definition) is 1. The number of nitrogens with zero attached hydrogens (tertiary/aromatic N) is 1. The van der Waals surface area contributed by atoms with Crippen LogP contribution in [0.15, 0.2) is 12.1 Å². The van der Waals surface area contributed by atoms with Gasteiger partial charge in [-0.2, -0.15) is 0 Å². The molecule has 0 spiro atoms. The molecule has 7 heteroatoms. The molecule has 2 heterocycles. The first kappa shape index (κ1) is 15.7. The molecule has 1 atom stereocenters. The van der Waals surface area contributed by atoms with E-state index < -0.39 is 0 Å². The number of methoxy groups -OCH3 is 1. The Morgan fingerprint density at radius 1 is 1.36 bits per heavy atom. The van der Waals surface area contributed by atoms with Gasteiger partial charge in [-0.3, -0.25) is 0 Å². The monoisotopic (exact) mass is 344 g/mol. The molecule has 0 bridgehead atoms. The first-order valence-corrected chi connectivity index (χ1v) is 8.04. The quantitative estimate of drug-likeness (QED) is 0.895. The lowest BCUT2D eigenvalue weighted by atomic mass is 10.1. The summed E-state index contributed by atoms with van der Waals surface area (Å²) in [5.41, 5.74) is 0.870. The number of fused-ring (bicyclic) bond motifs is 1. The van der Waals surface area contributed by atoms with E-state index in [0.29, 0.717) is 35.5 Å². The third-order valence-corrected chi connectivity index (χ3v) is 5.00. The highest BCUT2D eigenvalue weighted by molar-refractivity contribution is 6.43. The second-order valence-electron chi connectivity index (χ2n) is 5.51. The van der Waals surface area contributed by atoms with Crippen LogP contribution in [0.1, 0.15) is 24.4 Å². The van der Waals surface area contributed by atoms with Gasteiger partial charge in [-0.25, -0.2) is 4.79 Å². The molecule has 120 valence electrons. The fraction of sp³-hybridized carbons (Fsp3) is 0.533. The molecule has 5 nitrogen and oxygen atoms in total. The van der Waals surface area contributed by atoms with Gasteiger partial charge in [0.25, 0.3) is 0 Å². The van der Waals surface area contributed by atoms with Crippen molar-refractivity contribution in [3.63, 3.8) is 0 Å². The molecule has 0 aliphatic carbocycles. The molecule has 3 rings (SSSR count). The Labute approximate surface area is 139 Å². The van der Waals surface area contributed by atoms with Crippen molar-refractivity contribution in [3.05, 3.63) is 27.7 Å². The van der Waals surface area contributed by atoms with E-state index in [0.717, 1.165) is 18.4 Å². The Kier molecular flexibility index (Phi) is 4.66. The van der Waals surface area contributed by atoms with E-state index in [-0.39, 0.29) is 18.2 Å². The number of ether oxygens (including phenoxy) is 2. The Hall–Kier alpha value is -1.17. The smallest absolute Gasteiger partial charge is 0.318 e. The molecule has 0 aromatic heterocycles. The zero-order valence-electron chi connectivity index (χ0n) is 12.3. The van der Waals surface area contributed by atoms with Crippen molar-refractivity contribution in [1.82, 2.24) is 10.2 Å². The number of piperidine rings is 1. The van der Waals surface area contributed by atoms with Crippen LogP contribution in [0.3, 0.4) is 0 Å². The number of rotatable bonds is 2. The Morgan fingerprint density at radius 3 is 2.77 bits per heavy atom. The topological polar surface area (TPSA) is 50.8 Å². The first-order chi connectivity index (χ1) is 10.6. The number of amides is 2. The molecular formula is C15H18Cl2N2O3. The molecule has 0 saturated carbocycles. The minimum atomic E-state index is -0.197. The van der Waals surface area contributed by atoms with Gasteiger partial charge in [0.15, 0.2) is 0 Å². The Bertz CT molecular complexity index is 574. The fourth-order valence-corrected chi connectivity index (χ4v) is 3.25. The molecule has 1 unspecified atom stereocenters. The average molecular weight is 345 g/mol. The van der Waals surface area contributed by atoms with Crippen molar-refractivity contribution in [3.8, 4) is 5.75 Å². The van der Waals surface area contributed by atoms with E-state index in [1.54, 1.807) is 13.2 Å². The largest absolute Gasteiger partial charge is 0.489 e. The second kappa shape index (κ2) is 6.52. The second-order valence-corrected chi connectivity index (χ2v) is 6.30. The van der Waals surface area contributed by atoms with Crippen LogP contribution >= 0.6 is 23.2 Å². The van der Waals surface area contributed by atoms with E-state index in [9.17, 15) is 4.79 Å². The van der Waals surface area contributed by atoms with Crippen LogP contribution in [0.5, 0.6) is 5.75 Å². The van der Waals surface area contributed by atoms with Gasteiger partial charge < -0.3 is 19.7 Å². The van der Waals surface area contributed by atoms with Gasteiger partial charge in [0.05, 0.1) is 17.2 Å². The number of urea groups is 1. The summed E-state index contributed by atoms with van der Waals surface area (Å²) < 4.78 is 10.9. The van der Waals surface area contributed by atoms with E-state index >= 15 is 0 Å². The highest BCUT2D eigenvalue weighted by atomic mass is 35.5. The maximum absolute atomic E-state index is 12.4. The number of halogens is 2. The summed E-state index contributed by atoms with van der Waals surface area (Å²) in [7, 11) is 1.71. The van der Waals surface area contributed by atoms with Crippen LogP contribution in [0.25, 0.3) is 0 Å². The van der Waals surface area contributed by atoms with Gasteiger partial charge in [0, 0.05) is 25.8 Å². The van der Waals surface area contributed by atoms with Crippen LogP contribution in [0.4, 0.5) is 4.79 Å². The molecule has 0 radical (unpaired) electrons. The summed E-state index contributed by atoms with van der Waals surface area (Å²) in [6.45, 7) is 1.77. The van der Waals surface area contributed by atoms with Gasteiger partial charge in [-0.05, 0) is 18.9 Å². The lowest BCUT2D eigenvalue weighted by Crippen LogP contribution is -2.47. The fourth-order valence-electron chi connectivity index (χ4n) is 2.88. The van der Waals surface area contributed by atoms with E-state index in [1.807, 2.05) is 11.0 Å². The van der Waals surface area contributed by atoms with Gasteiger partial charge in [-0.1, -0.05) is 29.3 Å². The van der Waals surface area contributed by atoms with Crippen molar-refractivity contribution in [2.45, 2.75) is 25.0 Å². The Morgan fingerprint density at radius 2 is 2.09 bits per heavy atom. The molecule has 2 amide bonds. The highest BCUT2D eigenvalue weighted by Gasteiger charge is 2.31. The van der Waals surface area contributed by atoms with Crippen molar-refractivity contribution >= 4 is 29.2 Å². The number of likely N-dealkylation sites (tertiary alicyclic amines) is 1. The predicted octanol–water partition coefficient (Wildman–Crippen LogP) is 3.25. The van der Waals surface area contributed by atoms with E-state index in [2.05, 4.69) is 5.32 Å². The first-order valence-electron chi connectivity index (χ1n) is 7.29. The average Bonchev–Trinajstić information content (AvgIpc) is 2.94. The van der Waals surface area contributed by atoms with Crippen molar-refractivity contribution in [2.75, 3.05) is 26.8 Å². The van der Waals surface area contributed by atoms with Crippen LogP contribution < -0.4 is 10.1 Å². The number of nitrogens with one attached hydrogen (secondary N) is 1. The maximum Gasteiger partial charge on any atom is 0.318 e. The predicted molar refractivity (Wildman–Crippen MR) is 84.8 cm³/mol. The zero-order chi connectivity index (χ0) is 15.7. The normalized spacial score (nSPS) is 21.4. The summed E-state index contributed by atoms with van der Waals surface area (Å²) >= 11 is 12.1. The maximum atomic E-state index is 12.4. The lowest BCUT2D eigenvalue weighted by Gasteiger charge is -2.32. The number of carbonyl (C=O) groups is 1. The molecule has 2 aliphatic rings.